The van der Waals surface area contributed by atoms with Crippen LogP contribution in [0.15, 0.2) is 18.2 Å². The summed E-state index contributed by atoms with van der Waals surface area (Å²) < 4.78 is 5.51. The Kier molecular flexibility index (Phi) is 6.27. The van der Waals surface area contributed by atoms with Crippen LogP contribution in [0.3, 0.4) is 0 Å². The average molecular weight is 324 g/mol. The van der Waals surface area contributed by atoms with Crippen molar-refractivity contribution in [1.82, 2.24) is 4.90 Å². The Morgan fingerprint density at radius 1 is 1.23 bits per heavy atom. The highest BCUT2D eigenvalue weighted by Gasteiger charge is 2.21. The molecule has 1 aromatic carbocycles. The van der Waals surface area contributed by atoms with E-state index in [9.17, 15) is 4.79 Å². The van der Waals surface area contributed by atoms with Gasteiger partial charge in [-0.3, -0.25) is 4.79 Å². The standard InChI is InChI=1S/C18H25NO2.ClH/c1-14(13-19-9-4-2-3-5-10-19)18(20)16-6-7-17-15(12-16)8-11-21-17;/h6-7,12,14H,2-5,8-11,13H2,1H3;1H. The van der Waals surface area contributed by atoms with Gasteiger partial charge in [0.25, 0.3) is 0 Å². The summed E-state index contributed by atoms with van der Waals surface area (Å²) in [5.41, 5.74) is 2.03. The largest absolute Gasteiger partial charge is 0.493 e. The summed E-state index contributed by atoms with van der Waals surface area (Å²) >= 11 is 0. The number of nitrogens with zero attached hydrogens (tertiary/aromatic N) is 1. The van der Waals surface area contributed by atoms with Crippen molar-refractivity contribution >= 4 is 18.2 Å². The van der Waals surface area contributed by atoms with E-state index in [0.29, 0.717) is 0 Å². The first-order chi connectivity index (χ1) is 10.2. The van der Waals surface area contributed by atoms with Crippen LogP contribution in [-0.2, 0) is 6.42 Å². The maximum Gasteiger partial charge on any atom is 0.166 e. The Bertz CT molecular complexity index is 510. The van der Waals surface area contributed by atoms with Crippen molar-refractivity contribution in [3.05, 3.63) is 29.3 Å². The molecular weight excluding hydrogens is 298 g/mol. The fourth-order valence-corrected chi connectivity index (χ4v) is 3.41. The molecule has 1 fully saturated rings. The van der Waals surface area contributed by atoms with Crippen LogP contribution in [0.5, 0.6) is 5.75 Å². The predicted octanol–water partition coefficient (Wildman–Crippen LogP) is 3.74. The molecule has 1 saturated heterocycles. The minimum Gasteiger partial charge on any atom is -0.493 e. The fraction of sp³-hybridized carbons (Fsp3) is 0.611. The summed E-state index contributed by atoms with van der Waals surface area (Å²) in [6, 6.07) is 5.91. The molecule has 0 spiro atoms. The second kappa shape index (κ2) is 7.98. The SMILES string of the molecule is CC(CN1CCCCCC1)C(=O)c1ccc2c(c1)CCO2.Cl. The van der Waals surface area contributed by atoms with Gasteiger partial charge in [-0.1, -0.05) is 19.8 Å². The van der Waals surface area contributed by atoms with Crippen LogP contribution in [0.25, 0.3) is 0 Å². The van der Waals surface area contributed by atoms with Gasteiger partial charge in [-0.15, -0.1) is 12.4 Å². The molecule has 122 valence electrons. The van der Waals surface area contributed by atoms with E-state index in [1.807, 2.05) is 18.2 Å². The van der Waals surface area contributed by atoms with Gasteiger partial charge < -0.3 is 9.64 Å². The molecule has 4 heteroatoms. The van der Waals surface area contributed by atoms with Crippen molar-refractivity contribution in [2.24, 2.45) is 5.92 Å². The van der Waals surface area contributed by atoms with E-state index >= 15 is 0 Å². The van der Waals surface area contributed by atoms with E-state index in [1.54, 1.807) is 0 Å². The zero-order chi connectivity index (χ0) is 14.7. The molecule has 1 aromatic rings. The van der Waals surface area contributed by atoms with Crippen molar-refractivity contribution in [3.8, 4) is 5.75 Å². The number of carbonyl (C=O) groups excluding carboxylic acids is 1. The van der Waals surface area contributed by atoms with E-state index in [4.69, 9.17) is 4.74 Å². The third kappa shape index (κ3) is 4.02. The van der Waals surface area contributed by atoms with Crippen LogP contribution in [0.1, 0.15) is 48.5 Å². The van der Waals surface area contributed by atoms with Gasteiger partial charge in [0.05, 0.1) is 6.61 Å². The zero-order valence-corrected chi connectivity index (χ0v) is 14.2. The Morgan fingerprint density at radius 2 is 1.95 bits per heavy atom. The van der Waals surface area contributed by atoms with Crippen molar-refractivity contribution < 1.29 is 9.53 Å². The van der Waals surface area contributed by atoms with Gasteiger partial charge in [0.1, 0.15) is 5.75 Å². The summed E-state index contributed by atoms with van der Waals surface area (Å²) in [4.78, 5) is 15.1. The number of halogens is 1. The highest BCUT2D eigenvalue weighted by Crippen LogP contribution is 2.27. The number of rotatable bonds is 4. The molecule has 0 radical (unpaired) electrons. The molecule has 2 aliphatic heterocycles. The molecule has 22 heavy (non-hydrogen) atoms. The van der Waals surface area contributed by atoms with E-state index in [0.717, 1.165) is 44.0 Å². The van der Waals surface area contributed by atoms with Gasteiger partial charge in [-0.2, -0.15) is 0 Å². The monoisotopic (exact) mass is 323 g/mol. The number of benzene rings is 1. The number of ether oxygens (including phenoxy) is 1. The van der Waals surface area contributed by atoms with E-state index < -0.39 is 0 Å². The summed E-state index contributed by atoms with van der Waals surface area (Å²) in [7, 11) is 0. The van der Waals surface area contributed by atoms with Gasteiger partial charge in [0.2, 0.25) is 0 Å². The average Bonchev–Trinajstić information content (AvgIpc) is 2.82. The van der Waals surface area contributed by atoms with Crippen LogP contribution in [0.2, 0.25) is 0 Å². The molecule has 1 unspecified atom stereocenters. The molecule has 2 aliphatic rings. The molecule has 3 rings (SSSR count). The van der Waals surface area contributed by atoms with E-state index in [1.165, 1.54) is 31.2 Å². The topological polar surface area (TPSA) is 29.5 Å². The number of hydrogen-bond donors (Lipinski definition) is 0. The maximum absolute atomic E-state index is 12.6. The fourth-order valence-electron chi connectivity index (χ4n) is 3.41. The molecule has 0 aliphatic carbocycles. The van der Waals surface area contributed by atoms with Crippen molar-refractivity contribution in [2.45, 2.75) is 39.0 Å². The number of fused-ring (bicyclic) bond motifs is 1. The van der Waals surface area contributed by atoms with Crippen molar-refractivity contribution in [3.63, 3.8) is 0 Å². The lowest BCUT2D eigenvalue weighted by molar-refractivity contribution is 0.0895. The third-order valence-electron chi connectivity index (χ3n) is 4.65. The highest BCUT2D eigenvalue weighted by molar-refractivity contribution is 5.98. The number of Topliss-reactive ketones (excluding diaryl/α,β-unsaturated/α-hetero) is 1. The van der Waals surface area contributed by atoms with Gasteiger partial charge >= 0.3 is 0 Å². The van der Waals surface area contributed by atoms with Crippen LogP contribution < -0.4 is 4.74 Å². The Hall–Kier alpha value is -1.06. The smallest absolute Gasteiger partial charge is 0.166 e. The zero-order valence-electron chi connectivity index (χ0n) is 13.3. The summed E-state index contributed by atoms with van der Waals surface area (Å²) in [5, 5.41) is 0. The van der Waals surface area contributed by atoms with Crippen LogP contribution in [0, 0.1) is 5.92 Å². The normalized spacial score (nSPS) is 19.5. The second-order valence-electron chi connectivity index (χ2n) is 6.40. The van der Waals surface area contributed by atoms with Gasteiger partial charge in [0, 0.05) is 24.4 Å². The molecule has 0 saturated carbocycles. The molecular formula is C18H26ClNO2. The summed E-state index contributed by atoms with van der Waals surface area (Å²) in [5.74, 6) is 1.30. The quantitative estimate of drug-likeness (QED) is 0.791. The lowest BCUT2D eigenvalue weighted by atomic mass is 9.96. The second-order valence-corrected chi connectivity index (χ2v) is 6.40. The number of likely N-dealkylation sites (tertiary alicyclic amines) is 1. The Balaban J connectivity index is 0.00000176. The minimum absolute atomic E-state index is 0. The summed E-state index contributed by atoms with van der Waals surface area (Å²) in [6.45, 7) is 6.00. The lowest BCUT2D eigenvalue weighted by Crippen LogP contribution is -2.32. The number of ketones is 1. The molecule has 3 nitrogen and oxygen atoms in total. The first-order valence-corrected chi connectivity index (χ1v) is 8.26. The molecule has 0 N–H and O–H groups in total. The first kappa shape index (κ1) is 17.3. The molecule has 0 amide bonds. The third-order valence-corrected chi connectivity index (χ3v) is 4.65. The summed E-state index contributed by atoms with van der Waals surface area (Å²) in [6.07, 6.45) is 6.15. The van der Waals surface area contributed by atoms with Crippen LogP contribution >= 0.6 is 12.4 Å². The molecule has 0 aromatic heterocycles. The van der Waals surface area contributed by atoms with Gasteiger partial charge in [-0.25, -0.2) is 0 Å². The lowest BCUT2D eigenvalue weighted by Gasteiger charge is -2.23. The van der Waals surface area contributed by atoms with Crippen molar-refractivity contribution in [1.29, 1.82) is 0 Å². The molecule has 1 atom stereocenters. The predicted molar refractivity (Wildman–Crippen MR) is 91.3 cm³/mol. The Labute approximate surface area is 139 Å². The molecule has 2 heterocycles. The maximum atomic E-state index is 12.6. The van der Waals surface area contributed by atoms with Crippen LogP contribution in [0.4, 0.5) is 0 Å². The first-order valence-electron chi connectivity index (χ1n) is 8.26. The number of carbonyl (C=O) groups is 1. The highest BCUT2D eigenvalue weighted by atomic mass is 35.5. The Morgan fingerprint density at radius 3 is 2.68 bits per heavy atom. The van der Waals surface area contributed by atoms with Gasteiger partial charge in [-0.05, 0) is 49.7 Å². The number of hydrogen-bond acceptors (Lipinski definition) is 3. The van der Waals surface area contributed by atoms with E-state index in [-0.39, 0.29) is 24.1 Å². The van der Waals surface area contributed by atoms with Crippen LogP contribution in [-0.4, -0.2) is 36.9 Å². The molecule has 0 bridgehead atoms. The van der Waals surface area contributed by atoms with Crippen molar-refractivity contribution in [2.75, 3.05) is 26.2 Å². The van der Waals surface area contributed by atoms with E-state index in [2.05, 4.69) is 11.8 Å². The van der Waals surface area contributed by atoms with Gasteiger partial charge in [0.15, 0.2) is 5.78 Å². The minimum atomic E-state index is 0.